The molecule has 0 bridgehead atoms. The second-order valence-electron chi connectivity index (χ2n) is 7.79. The molecular weight excluding hydrogens is 532 g/mol. The molecule has 12 heteroatoms. The highest BCUT2D eigenvalue weighted by Gasteiger charge is 2.43. The van der Waals surface area contributed by atoms with E-state index < -0.39 is 30.1 Å². The van der Waals surface area contributed by atoms with Gasteiger partial charge in [-0.05, 0) is 48.4 Å². The number of nitrogens with zero attached hydrogens (tertiary/aromatic N) is 2. The zero-order chi connectivity index (χ0) is 26.4. The number of aldehydes is 1. The smallest absolute Gasteiger partial charge is 0.410 e. The van der Waals surface area contributed by atoms with Crippen molar-refractivity contribution in [3.63, 3.8) is 0 Å². The summed E-state index contributed by atoms with van der Waals surface area (Å²) in [5.74, 6) is -1.06. The van der Waals surface area contributed by atoms with Crippen LogP contribution in [-0.4, -0.2) is 54.9 Å². The second kappa shape index (κ2) is 12.0. The number of benzene rings is 2. The van der Waals surface area contributed by atoms with Gasteiger partial charge in [-0.2, -0.15) is 13.2 Å². The predicted octanol–water partition coefficient (Wildman–Crippen LogP) is 6.36. The number of hydrogen-bond donors (Lipinski definition) is 0. The van der Waals surface area contributed by atoms with Gasteiger partial charge in [0.1, 0.15) is 18.5 Å². The van der Waals surface area contributed by atoms with Gasteiger partial charge in [0.2, 0.25) is 5.91 Å². The first-order valence-corrected chi connectivity index (χ1v) is 11.3. The standard InChI is InChI=1S/C23H22Cl3F3N2O4/c1-30(20(33)13-23(27,28)29)14-22(10-3-11-32,15-4-9-18(25)19(26)12-15)31(2)21(34)35-17-7-5-16(24)6-8-17/h4-9,11-12H,3,10,13-14H2,1-2H3/t22-/m1/s1. The Bertz CT molecular complexity index is 1070. The van der Waals surface area contributed by atoms with Crippen LogP contribution in [0.5, 0.6) is 5.75 Å². The Balaban J connectivity index is 2.54. The van der Waals surface area contributed by atoms with Crippen LogP contribution in [-0.2, 0) is 15.1 Å². The van der Waals surface area contributed by atoms with Gasteiger partial charge in [-0.25, -0.2) is 4.79 Å². The average molecular weight is 554 g/mol. The zero-order valence-electron chi connectivity index (χ0n) is 18.7. The van der Waals surface area contributed by atoms with E-state index in [9.17, 15) is 27.6 Å². The van der Waals surface area contributed by atoms with Crippen LogP contribution in [0.1, 0.15) is 24.8 Å². The first kappa shape index (κ1) is 28.7. The van der Waals surface area contributed by atoms with Gasteiger partial charge in [0.05, 0.1) is 15.6 Å². The minimum Gasteiger partial charge on any atom is -0.410 e. The molecule has 0 unspecified atom stereocenters. The number of likely N-dealkylation sites (N-methyl/N-ethyl adjacent to an activating group) is 2. The first-order valence-electron chi connectivity index (χ1n) is 10.2. The van der Waals surface area contributed by atoms with Crippen LogP contribution in [0, 0.1) is 0 Å². The molecule has 0 aliphatic heterocycles. The van der Waals surface area contributed by atoms with Gasteiger partial charge in [-0.1, -0.05) is 40.9 Å². The fourth-order valence-electron chi connectivity index (χ4n) is 3.50. The summed E-state index contributed by atoms with van der Waals surface area (Å²) in [4.78, 5) is 38.8. The van der Waals surface area contributed by atoms with Crippen LogP contribution in [0.4, 0.5) is 18.0 Å². The molecule has 190 valence electrons. The number of ether oxygens (including phenoxy) is 1. The van der Waals surface area contributed by atoms with Gasteiger partial charge >= 0.3 is 12.3 Å². The van der Waals surface area contributed by atoms with Crippen molar-refractivity contribution < 1.29 is 32.3 Å². The summed E-state index contributed by atoms with van der Waals surface area (Å²) >= 11 is 18.1. The molecule has 0 heterocycles. The minimum absolute atomic E-state index is 0.0513. The molecule has 2 amide bonds. The third-order valence-electron chi connectivity index (χ3n) is 5.34. The van der Waals surface area contributed by atoms with Crippen molar-refractivity contribution in [1.82, 2.24) is 9.80 Å². The lowest BCUT2D eigenvalue weighted by molar-refractivity contribution is -0.161. The van der Waals surface area contributed by atoms with Crippen LogP contribution < -0.4 is 4.74 Å². The molecule has 2 aromatic rings. The lowest BCUT2D eigenvalue weighted by Gasteiger charge is -2.44. The predicted molar refractivity (Wildman–Crippen MR) is 127 cm³/mol. The lowest BCUT2D eigenvalue weighted by atomic mass is 9.83. The zero-order valence-corrected chi connectivity index (χ0v) is 21.0. The maximum Gasteiger partial charge on any atom is 0.415 e. The minimum atomic E-state index is -4.72. The number of halogens is 6. The summed E-state index contributed by atoms with van der Waals surface area (Å²) in [6, 6.07) is 10.3. The summed E-state index contributed by atoms with van der Waals surface area (Å²) < 4.78 is 44.0. The molecule has 2 rings (SSSR count). The van der Waals surface area contributed by atoms with Gasteiger partial charge in [-0.3, -0.25) is 9.69 Å². The summed E-state index contributed by atoms with van der Waals surface area (Å²) in [6.07, 6.45) is -6.83. The third-order valence-corrected chi connectivity index (χ3v) is 6.33. The van der Waals surface area contributed by atoms with E-state index in [2.05, 4.69) is 0 Å². The Kier molecular flexibility index (Phi) is 9.83. The normalized spacial score (nSPS) is 13.0. The maximum absolute atomic E-state index is 13.2. The number of rotatable bonds is 9. The Morgan fingerprint density at radius 2 is 1.63 bits per heavy atom. The molecule has 0 aliphatic rings. The molecular formula is C23H22Cl3F3N2O4. The highest BCUT2D eigenvalue weighted by molar-refractivity contribution is 6.42. The van der Waals surface area contributed by atoms with E-state index in [1.807, 2.05) is 0 Å². The highest BCUT2D eigenvalue weighted by Crippen LogP contribution is 2.38. The summed E-state index contributed by atoms with van der Waals surface area (Å²) in [7, 11) is 2.53. The molecule has 0 N–H and O–H groups in total. The Morgan fingerprint density at radius 3 is 2.17 bits per heavy atom. The number of carbonyl (C=O) groups excluding carboxylic acids is 3. The Morgan fingerprint density at radius 1 is 1.00 bits per heavy atom. The molecule has 0 radical (unpaired) electrons. The second-order valence-corrected chi connectivity index (χ2v) is 9.04. The van der Waals surface area contributed by atoms with Crippen LogP contribution in [0.15, 0.2) is 42.5 Å². The molecule has 35 heavy (non-hydrogen) atoms. The van der Waals surface area contributed by atoms with Crippen LogP contribution in [0.2, 0.25) is 15.1 Å². The van der Waals surface area contributed by atoms with Crippen LogP contribution in [0.25, 0.3) is 0 Å². The maximum atomic E-state index is 13.2. The summed E-state index contributed by atoms with van der Waals surface area (Å²) in [5.41, 5.74) is -1.15. The molecule has 2 aromatic carbocycles. The Hall–Kier alpha value is -2.49. The van der Waals surface area contributed by atoms with Gasteiger partial charge in [-0.15, -0.1) is 0 Å². The van der Waals surface area contributed by atoms with Crippen LogP contribution in [0.3, 0.4) is 0 Å². The summed E-state index contributed by atoms with van der Waals surface area (Å²) in [6.45, 7) is -0.389. The largest absolute Gasteiger partial charge is 0.415 e. The fourth-order valence-corrected chi connectivity index (χ4v) is 3.92. The average Bonchev–Trinajstić information content (AvgIpc) is 2.78. The van der Waals surface area contributed by atoms with Crippen molar-refractivity contribution in [2.75, 3.05) is 20.6 Å². The molecule has 6 nitrogen and oxygen atoms in total. The van der Waals surface area contributed by atoms with Gasteiger partial charge in [0.15, 0.2) is 0 Å². The van der Waals surface area contributed by atoms with E-state index in [4.69, 9.17) is 39.5 Å². The number of alkyl halides is 3. The molecule has 0 saturated carbocycles. The van der Waals surface area contributed by atoms with Crippen molar-refractivity contribution in [3.8, 4) is 5.75 Å². The SMILES string of the molecule is CN(C[C@](CCC=O)(c1ccc(Cl)c(Cl)c1)N(C)C(=O)Oc1ccc(Cl)cc1)C(=O)CC(F)(F)F. The van der Waals surface area contributed by atoms with E-state index in [0.717, 1.165) is 9.80 Å². The van der Waals surface area contributed by atoms with Gasteiger partial charge < -0.3 is 14.4 Å². The van der Waals surface area contributed by atoms with Crippen molar-refractivity contribution in [2.45, 2.75) is 31.0 Å². The molecule has 1 atom stereocenters. The van der Waals surface area contributed by atoms with Crippen molar-refractivity contribution in [3.05, 3.63) is 63.1 Å². The van der Waals surface area contributed by atoms with E-state index in [1.165, 1.54) is 56.6 Å². The number of hydrogen-bond acceptors (Lipinski definition) is 4. The molecule has 0 aliphatic carbocycles. The first-order chi connectivity index (χ1) is 16.3. The number of amides is 2. The van der Waals surface area contributed by atoms with Crippen LogP contribution >= 0.6 is 34.8 Å². The van der Waals surface area contributed by atoms with E-state index >= 15 is 0 Å². The molecule has 0 saturated heterocycles. The Labute approximate surface area is 215 Å². The fraction of sp³-hybridized carbons (Fsp3) is 0.348. The van der Waals surface area contributed by atoms with Crippen molar-refractivity contribution in [2.24, 2.45) is 0 Å². The monoisotopic (exact) mass is 552 g/mol. The van der Waals surface area contributed by atoms with E-state index in [1.54, 1.807) is 0 Å². The van der Waals surface area contributed by atoms with Gasteiger partial charge in [0.25, 0.3) is 0 Å². The third kappa shape index (κ3) is 7.75. The lowest BCUT2D eigenvalue weighted by Crippen LogP contribution is -2.55. The van der Waals surface area contributed by atoms with Crippen molar-refractivity contribution >= 4 is 53.1 Å². The quantitative estimate of drug-likeness (QED) is 0.339. The number of carbonyl (C=O) groups is 3. The highest BCUT2D eigenvalue weighted by atomic mass is 35.5. The summed E-state index contributed by atoms with van der Waals surface area (Å²) in [5, 5.41) is 0.732. The van der Waals surface area contributed by atoms with E-state index in [0.29, 0.717) is 16.9 Å². The van der Waals surface area contributed by atoms with Gasteiger partial charge in [0, 0.05) is 32.1 Å². The van der Waals surface area contributed by atoms with Crippen molar-refractivity contribution in [1.29, 1.82) is 0 Å². The molecule has 0 fully saturated rings. The molecule has 0 spiro atoms. The topological polar surface area (TPSA) is 66.9 Å². The van der Waals surface area contributed by atoms with E-state index in [-0.39, 0.29) is 35.2 Å². The molecule has 0 aromatic heterocycles.